The molecule has 9 heteroatoms. The van der Waals surface area contributed by atoms with E-state index in [1.807, 2.05) is 26.8 Å². The van der Waals surface area contributed by atoms with E-state index in [9.17, 15) is 14.4 Å². The van der Waals surface area contributed by atoms with Gasteiger partial charge in [0.2, 0.25) is 0 Å². The van der Waals surface area contributed by atoms with Crippen molar-refractivity contribution >= 4 is 74.3 Å². The van der Waals surface area contributed by atoms with Crippen LogP contribution in [0.2, 0.25) is 0 Å². The van der Waals surface area contributed by atoms with Gasteiger partial charge >= 0.3 is 5.97 Å². The van der Waals surface area contributed by atoms with E-state index in [0.29, 0.717) is 20.5 Å². The Morgan fingerprint density at radius 3 is 2.61 bits per heavy atom. The van der Waals surface area contributed by atoms with Crippen LogP contribution in [0.4, 0.5) is 5.69 Å². The summed E-state index contributed by atoms with van der Waals surface area (Å²) in [4.78, 5) is 41.1. The minimum atomic E-state index is -0.583. The Bertz CT molecular complexity index is 1270. The van der Waals surface area contributed by atoms with Crippen LogP contribution in [0.15, 0.2) is 40.6 Å². The molecule has 0 aliphatic carbocycles. The van der Waals surface area contributed by atoms with Gasteiger partial charge in [-0.2, -0.15) is 0 Å². The van der Waals surface area contributed by atoms with Crippen molar-refractivity contribution in [1.29, 1.82) is 0 Å². The van der Waals surface area contributed by atoms with Gasteiger partial charge in [-0.05, 0) is 49.9 Å². The molecule has 1 fully saturated rings. The van der Waals surface area contributed by atoms with Gasteiger partial charge in [0, 0.05) is 11.1 Å². The first-order valence-electron chi connectivity index (χ1n) is 9.43. The molecule has 0 spiro atoms. The average molecular weight is 469 g/mol. The van der Waals surface area contributed by atoms with Gasteiger partial charge < -0.3 is 10.1 Å². The van der Waals surface area contributed by atoms with Crippen LogP contribution < -0.4 is 15.0 Å². The van der Waals surface area contributed by atoms with Gasteiger partial charge in [-0.1, -0.05) is 36.1 Å². The number of carbonyl (C=O) groups is 3. The molecular formula is C22H16N2O4S3. The van der Waals surface area contributed by atoms with Gasteiger partial charge in [-0.15, -0.1) is 11.3 Å². The Kier molecular flexibility index (Phi) is 4.47. The standard InChI is InChI=1S/C22H16N2O4S3/c1-10-9-22(2,3)24-16-12(10)7-11(28-20(27)14-5-4-6-30-14)8-13(16)15(19(24)26)17-18(25)23-21(29)31-17/h4-9H,1-3H3,(H,23,25,29). The molecular weight excluding hydrogens is 452 g/mol. The number of rotatable bonds is 2. The molecule has 2 aromatic rings. The SMILES string of the molecule is CC1=CC(C)(C)N2C(=O)C(=C3SC(=S)NC3=O)c3cc(OC(=O)c4cccs4)cc1c32. The fourth-order valence-electron chi connectivity index (χ4n) is 4.20. The summed E-state index contributed by atoms with van der Waals surface area (Å²) in [5.41, 5.74) is 2.74. The third-order valence-corrected chi connectivity index (χ3v) is 7.42. The first-order chi connectivity index (χ1) is 14.7. The third kappa shape index (κ3) is 3.07. The molecule has 31 heavy (non-hydrogen) atoms. The maximum Gasteiger partial charge on any atom is 0.353 e. The topological polar surface area (TPSA) is 75.7 Å². The second-order valence-corrected chi connectivity index (χ2v) is 10.5. The zero-order valence-electron chi connectivity index (χ0n) is 16.8. The highest BCUT2D eigenvalue weighted by Gasteiger charge is 2.47. The van der Waals surface area contributed by atoms with E-state index in [-0.39, 0.29) is 16.4 Å². The smallest absolute Gasteiger partial charge is 0.353 e. The zero-order chi connectivity index (χ0) is 22.1. The molecule has 1 aromatic heterocycles. The van der Waals surface area contributed by atoms with Crippen molar-refractivity contribution in [2.45, 2.75) is 26.3 Å². The molecule has 156 valence electrons. The molecule has 3 aliphatic heterocycles. The summed E-state index contributed by atoms with van der Waals surface area (Å²) in [7, 11) is 0. The van der Waals surface area contributed by atoms with Crippen LogP contribution in [0.1, 0.15) is 41.6 Å². The predicted molar refractivity (Wildman–Crippen MR) is 126 cm³/mol. The van der Waals surface area contributed by atoms with E-state index >= 15 is 0 Å². The number of esters is 1. The van der Waals surface area contributed by atoms with Crippen LogP contribution in [0.3, 0.4) is 0 Å². The number of hydrogen-bond acceptors (Lipinski definition) is 7. The lowest BCUT2D eigenvalue weighted by Crippen LogP contribution is -2.46. The largest absolute Gasteiger partial charge is 0.422 e. The monoisotopic (exact) mass is 468 g/mol. The number of nitrogens with zero attached hydrogens (tertiary/aromatic N) is 1. The lowest BCUT2D eigenvalue weighted by atomic mass is 9.89. The molecule has 0 saturated carbocycles. The zero-order valence-corrected chi connectivity index (χ0v) is 19.2. The summed E-state index contributed by atoms with van der Waals surface area (Å²) >= 11 is 7.49. The van der Waals surface area contributed by atoms with E-state index in [1.165, 1.54) is 11.3 Å². The van der Waals surface area contributed by atoms with E-state index in [2.05, 4.69) is 5.32 Å². The fraction of sp³-hybridized carbons (Fsp3) is 0.182. The molecule has 1 N–H and O–H groups in total. The molecule has 0 radical (unpaired) electrons. The highest BCUT2D eigenvalue weighted by Crippen LogP contribution is 2.52. The van der Waals surface area contributed by atoms with Gasteiger partial charge in [0.15, 0.2) is 0 Å². The van der Waals surface area contributed by atoms with Crippen LogP contribution >= 0.6 is 35.3 Å². The van der Waals surface area contributed by atoms with Crippen molar-refractivity contribution in [1.82, 2.24) is 5.32 Å². The summed E-state index contributed by atoms with van der Waals surface area (Å²) in [5, 5.41) is 4.38. The first-order valence-corrected chi connectivity index (χ1v) is 11.5. The number of thioether (sulfide) groups is 1. The van der Waals surface area contributed by atoms with Gasteiger partial charge in [0.25, 0.3) is 11.8 Å². The van der Waals surface area contributed by atoms with Gasteiger partial charge in [-0.25, -0.2) is 4.79 Å². The summed E-state index contributed by atoms with van der Waals surface area (Å²) in [6.45, 7) is 5.86. The molecule has 5 rings (SSSR count). The van der Waals surface area contributed by atoms with E-state index in [0.717, 1.165) is 28.6 Å². The highest BCUT2D eigenvalue weighted by molar-refractivity contribution is 8.27. The first kappa shape index (κ1) is 20.2. The molecule has 0 atom stereocenters. The van der Waals surface area contributed by atoms with Crippen molar-refractivity contribution in [2.75, 3.05) is 4.90 Å². The third-order valence-electron chi connectivity index (χ3n) is 5.34. The maximum absolute atomic E-state index is 13.6. The van der Waals surface area contributed by atoms with Gasteiger partial charge in [0.05, 0.1) is 21.7 Å². The molecule has 3 aliphatic rings. The number of allylic oxidation sites excluding steroid dienone is 1. The fourth-order valence-corrected chi connectivity index (χ4v) is 5.91. The van der Waals surface area contributed by atoms with Crippen molar-refractivity contribution in [2.24, 2.45) is 0 Å². The van der Waals surface area contributed by atoms with Crippen LogP contribution in [0.25, 0.3) is 11.1 Å². The van der Waals surface area contributed by atoms with Crippen LogP contribution in [0.5, 0.6) is 5.75 Å². The number of anilines is 1. The van der Waals surface area contributed by atoms with Crippen molar-refractivity contribution in [3.63, 3.8) is 0 Å². The van der Waals surface area contributed by atoms with Crippen molar-refractivity contribution < 1.29 is 19.1 Å². The number of amides is 2. The number of nitrogens with one attached hydrogen (secondary N) is 1. The number of hydrogen-bond donors (Lipinski definition) is 1. The maximum atomic E-state index is 13.6. The van der Waals surface area contributed by atoms with Crippen LogP contribution in [-0.2, 0) is 9.59 Å². The van der Waals surface area contributed by atoms with E-state index < -0.39 is 17.4 Å². The van der Waals surface area contributed by atoms with Crippen molar-refractivity contribution in [3.05, 3.63) is 56.6 Å². The number of thiophene rings is 1. The summed E-state index contributed by atoms with van der Waals surface area (Å²) in [6, 6.07) is 6.90. The molecule has 0 bridgehead atoms. The molecule has 0 unspecified atom stereocenters. The van der Waals surface area contributed by atoms with E-state index in [4.69, 9.17) is 17.0 Å². The average Bonchev–Trinajstić information content (AvgIpc) is 3.38. The van der Waals surface area contributed by atoms with Crippen LogP contribution in [-0.4, -0.2) is 27.6 Å². The van der Waals surface area contributed by atoms with E-state index in [1.54, 1.807) is 34.5 Å². The highest BCUT2D eigenvalue weighted by atomic mass is 32.2. The van der Waals surface area contributed by atoms with Gasteiger partial charge in [0.1, 0.15) is 14.9 Å². The molecule has 2 amide bonds. The minimum absolute atomic E-state index is 0.266. The summed E-state index contributed by atoms with van der Waals surface area (Å²) < 4.78 is 5.95. The quantitative estimate of drug-likeness (QED) is 0.305. The summed E-state index contributed by atoms with van der Waals surface area (Å²) in [5.74, 6) is -0.813. The summed E-state index contributed by atoms with van der Waals surface area (Å²) in [6.07, 6.45) is 2.00. The molecule has 6 nitrogen and oxygen atoms in total. The Labute approximate surface area is 192 Å². The Morgan fingerprint density at radius 1 is 1.23 bits per heavy atom. The number of ether oxygens (including phenoxy) is 1. The predicted octanol–water partition coefficient (Wildman–Crippen LogP) is 4.37. The van der Waals surface area contributed by atoms with Crippen LogP contribution in [0, 0.1) is 0 Å². The normalized spacial score (nSPS) is 21.2. The molecule has 1 aromatic carbocycles. The number of benzene rings is 1. The molecule has 4 heterocycles. The number of thiocarbonyl (C=S) groups is 1. The lowest BCUT2D eigenvalue weighted by Gasteiger charge is -2.38. The minimum Gasteiger partial charge on any atom is -0.422 e. The lowest BCUT2D eigenvalue weighted by molar-refractivity contribution is -0.116. The Hall–Kier alpha value is -2.75. The Morgan fingerprint density at radius 2 is 1.97 bits per heavy atom. The second kappa shape index (κ2) is 6.88. The molecule has 1 saturated heterocycles. The number of carbonyl (C=O) groups excluding carboxylic acids is 3. The second-order valence-electron chi connectivity index (χ2n) is 7.90. The van der Waals surface area contributed by atoms with Crippen molar-refractivity contribution in [3.8, 4) is 5.75 Å². The van der Waals surface area contributed by atoms with Gasteiger partial charge in [-0.3, -0.25) is 14.5 Å². The Balaban J connectivity index is 1.72.